The Balaban J connectivity index is 1.92. The number of ether oxygens (including phenoxy) is 2. The van der Waals surface area contributed by atoms with E-state index >= 15 is 0 Å². The molecular formula is C12H22F3NO2. The first kappa shape index (κ1) is 15.7. The molecule has 1 saturated heterocycles. The van der Waals surface area contributed by atoms with Crippen molar-refractivity contribution >= 4 is 0 Å². The van der Waals surface area contributed by atoms with Crippen molar-refractivity contribution < 1.29 is 22.6 Å². The number of hydrogen-bond acceptors (Lipinski definition) is 3. The van der Waals surface area contributed by atoms with Gasteiger partial charge in [0.2, 0.25) is 0 Å². The van der Waals surface area contributed by atoms with E-state index in [-0.39, 0.29) is 6.61 Å². The summed E-state index contributed by atoms with van der Waals surface area (Å²) in [5.74, 6) is 0.533. The first-order valence-electron chi connectivity index (χ1n) is 6.49. The highest BCUT2D eigenvalue weighted by molar-refractivity contribution is 4.76. The van der Waals surface area contributed by atoms with Crippen molar-refractivity contribution in [2.24, 2.45) is 5.92 Å². The van der Waals surface area contributed by atoms with Gasteiger partial charge >= 0.3 is 6.18 Å². The van der Waals surface area contributed by atoms with Crippen molar-refractivity contribution in [3.05, 3.63) is 0 Å². The summed E-state index contributed by atoms with van der Waals surface area (Å²) in [6.45, 7) is 3.47. The topological polar surface area (TPSA) is 30.5 Å². The molecule has 108 valence electrons. The van der Waals surface area contributed by atoms with E-state index in [0.717, 1.165) is 26.0 Å². The van der Waals surface area contributed by atoms with E-state index in [1.807, 2.05) is 0 Å². The average molecular weight is 269 g/mol. The second-order valence-corrected chi connectivity index (χ2v) is 4.59. The van der Waals surface area contributed by atoms with Crippen LogP contribution in [0.25, 0.3) is 0 Å². The summed E-state index contributed by atoms with van der Waals surface area (Å²) in [5.41, 5.74) is 0. The fourth-order valence-corrected chi connectivity index (χ4v) is 2.15. The molecule has 0 bridgehead atoms. The maximum atomic E-state index is 11.8. The SMILES string of the molecule is CCC1OCCC1CNCCCOCC(F)(F)F. The van der Waals surface area contributed by atoms with Gasteiger partial charge in [-0.1, -0.05) is 6.92 Å². The molecular weight excluding hydrogens is 247 g/mol. The van der Waals surface area contributed by atoms with E-state index in [2.05, 4.69) is 17.0 Å². The standard InChI is InChI=1S/C12H22F3NO2/c1-2-11-10(4-7-18-11)8-16-5-3-6-17-9-12(13,14)15/h10-11,16H,2-9H2,1H3. The molecule has 3 nitrogen and oxygen atoms in total. The lowest BCUT2D eigenvalue weighted by Crippen LogP contribution is -2.29. The zero-order valence-electron chi connectivity index (χ0n) is 10.8. The third-order valence-electron chi connectivity index (χ3n) is 3.06. The van der Waals surface area contributed by atoms with Gasteiger partial charge in [0, 0.05) is 19.8 Å². The molecule has 1 rings (SSSR count). The number of alkyl halides is 3. The molecule has 0 radical (unpaired) electrons. The number of hydrogen-bond donors (Lipinski definition) is 1. The van der Waals surface area contributed by atoms with Gasteiger partial charge in [-0.15, -0.1) is 0 Å². The molecule has 0 aliphatic carbocycles. The van der Waals surface area contributed by atoms with Gasteiger partial charge in [0.15, 0.2) is 0 Å². The van der Waals surface area contributed by atoms with Crippen molar-refractivity contribution in [3.63, 3.8) is 0 Å². The highest BCUT2D eigenvalue weighted by Gasteiger charge is 2.27. The highest BCUT2D eigenvalue weighted by atomic mass is 19.4. The predicted molar refractivity (Wildman–Crippen MR) is 62.5 cm³/mol. The van der Waals surface area contributed by atoms with Gasteiger partial charge in [0.1, 0.15) is 6.61 Å². The van der Waals surface area contributed by atoms with Gasteiger partial charge in [-0.25, -0.2) is 0 Å². The van der Waals surface area contributed by atoms with Crippen LogP contribution in [0.5, 0.6) is 0 Å². The maximum Gasteiger partial charge on any atom is 0.411 e. The van der Waals surface area contributed by atoms with Gasteiger partial charge in [0.25, 0.3) is 0 Å². The van der Waals surface area contributed by atoms with E-state index in [9.17, 15) is 13.2 Å². The summed E-state index contributed by atoms with van der Waals surface area (Å²) in [6, 6.07) is 0. The van der Waals surface area contributed by atoms with Crippen LogP contribution in [-0.2, 0) is 9.47 Å². The molecule has 0 spiro atoms. The van der Waals surface area contributed by atoms with Crippen LogP contribution in [0.15, 0.2) is 0 Å². The second kappa shape index (κ2) is 7.96. The second-order valence-electron chi connectivity index (χ2n) is 4.59. The van der Waals surface area contributed by atoms with Gasteiger partial charge in [-0.3, -0.25) is 0 Å². The summed E-state index contributed by atoms with van der Waals surface area (Å²) in [7, 11) is 0. The molecule has 0 aromatic carbocycles. The summed E-state index contributed by atoms with van der Waals surface area (Å²) in [6.07, 6.45) is -1.21. The first-order chi connectivity index (χ1) is 8.53. The summed E-state index contributed by atoms with van der Waals surface area (Å²) in [4.78, 5) is 0. The Hall–Kier alpha value is -0.330. The molecule has 0 aromatic heterocycles. The van der Waals surface area contributed by atoms with E-state index < -0.39 is 12.8 Å². The average Bonchev–Trinajstić information content (AvgIpc) is 2.73. The van der Waals surface area contributed by atoms with Crippen molar-refractivity contribution in [2.45, 2.75) is 38.5 Å². The Morgan fingerprint density at radius 2 is 2.17 bits per heavy atom. The van der Waals surface area contributed by atoms with Crippen molar-refractivity contribution in [2.75, 3.05) is 32.9 Å². The lowest BCUT2D eigenvalue weighted by molar-refractivity contribution is -0.173. The molecule has 1 N–H and O–H groups in total. The fourth-order valence-electron chi connectivity index (χ4n) is 2.15. The molecule has 2 atom stereocenters. The fraction of sp³-hybridized carbons (Fsp3) is 1.00. The molecule has 6 heteroatoms. The van der Waals surface area contributed by atoms with Gasteiger partial charge in [0.05, 0.1) is 6.10 Å². The quantitative estimate of drug-likeness (QED) is 0.686. The zero-order chi connectivity index (χ0) is 13.4. The zero-order valence-corrected chi connectivity index (χ0v) is 10.8. The van der Waals surface area contributed by atoms with E-state index in [1.54, 1.807) is 0 Å². The number of nitrogens with one attached hydrogen (secondary N) is 1. The van der Waals surface area contributed by atoms with Crippen LogP contribution >= 0.6 is 0 Å². The van der Waals surface area contributed by atoms with Crippen LogP contribution in [0.3, 0.4) is 0 Å². The lowest BCUT2D eigenvalue weighted by atomic mass is 10.00. The van der Waals surface area contributed by atoms with E-state index in [1.165, 1.54) is 0 Å². The van der Waals surface area contributed by atoms with E-state index in [0.29, 0.717) is 25.0 Å². The third-order valence-corrected chi connectivity index (χ3v) is 3.06. The molecule has 1 fully saturated rings. The Labute approximate surface area is 106 Å². The molecule has 1 aliphatic heterocycles. The molecule has 1 heterocycles. The molecule has 0 saturated carbocycles. The van der Waals surface area contributed by atoms with Crippen molar-refractivity contribution in [3.8, 4) is 0 Å². The summed E-state index contributed by atoms with van der Waals surface area (Å²) in [5, 5.41) is 3.25. The molecule has 18 heavy (non-hydrogen) atoms. The van der Waals surface area contributed by atoms with Gasteiger partial charge < -0.3 is 14.8 Å². The van der Waals surface area contributed by atoms with Crippen molar-refractivity contribution in [1.82, 2.24) is 5.32 Å². The third kappa shape index (κ3) is 6.56. The number of rotatable bonds is 8. The van der Waals surface area contributed by atoms with Crippen LogP contribution in [0.4, 0.5) is 13.2 Å². The normalized spacial score (nSPS) is 24.7. The largest absolute Gasteiger partial charge is 0.411 e. The molecule has 0 amide bonds. The minimum Gasteiger partial charge on any atom is -0.378 e. The van der Waals surface area contributed by atoms with Gasteiger partial charge in [-0.2, -0.15) is 13.2 Å². The van der Waals surface area contributed by atoms with Crippen LogP contribution in [0.1, 0.15) is 26.2 Å². The summed E-state index contributed by atoms with van der Waals surface area (Å²) < 4.78 is 45.4. The molecule has 0 aromatic rings. The van der Waals surface area contributed by atoms with Crippen LogP contribution < -0.4 is 5.32 Å². The summed E-state index contributed by atoms with van der Waals surface area (Å²) >= 11 is 0. The maximum absolute atomic E-state index is 11.8. The Kier molecular flexibility index (Phi) is 6.96. The minimum atomic E-state index is -4.22. The van der Waals surface area contributed by atoms with Crippen LogP contribution in [0.2, 0.25) is 0 Å². The number of halogens is 3. The minimum absolute atomic E-state index is 0.144. The van der Waals surface area contributed by atoms with Crippen molar-refractivity contribution in [1.29, 1.82) is 0 Å². The Morgan fingerprint density at radius 1 is 1.39 bits per heavy atom. The first-order valence-corrected chi connectivity index (χ1v) is 6.49. The Bertz CT molecular complexity index is 224. The van der Waals surface area contributed by atoms with Crippen LogP contribution in [-0.4, -0.2) is 45.2 Å². The molecule has 2 unspecified atom stereocenters. The highest BCUT2D eigenvalue weighted by Crippen LogP contribution is 2.22. The lowest BCUT2D eigenvalue weighted by Gasteiger charge is -2.17. The smallest absolute Gasteiger partial charge is 0.378 e. The van der Waals surface area contributed by atoms with Crippen LogP contribution in [0, 0.1) is 5.92 Å². The predicted octanol–water partition coefficient (Wildman–Crippen LogP) is 2.36. The van der Waals surface area contributed by atoms with E-state index in [4.69, 9.17) is 4.74 Å². The Morgan fingerprint density at radius 3 is 2.83 bits per heavy atom. The monoisotopic (exact) mass is 269 g/mol. The molecule has 1 aliphatic rings. The van der Waals surface area contributed by atoms with Gasteiger partial charge in [-0.05, 0) is 31.7 Å².